The lowest BCUT2D eigenvalue weighted by atomic mass is 10.2. The fourth-order valence-electron chi connectivity index (χ4n) is 1.62. The maximum atomic E-state index is 9.41. The van der Waals surface area contributed by atoms with Crippen LogP contribution in [0.2, 0.25) is 0 Å². The van der Waals surface area contributed by atoms with Gasteiger partial charge in [-0.05, 0) is 0 Å². The Morgan fingerprint density at radius 1 is 1.20 bits per heavy atom. The first-order chi connectivity index (χ1) is 7.18. The van der Waals surface area contributed by atoms with Gasteiger partial charge in [-0.1, -0.05) is 30.3 Å². The van der Waals surface area contributed by atoms with Crippen molar-refractivity contribution in [2.45, 2.75) is 20.4 Å². The van der Waals surface area contributed by atoms with E-state index in [0.29, 0.717) is 5.89 Å². The van der Waals surface area contributed by atoms with E-state index in [1.807, 2.05) is 36.6 Å². The first-order valence-corrected chi connectivity index (χ1v) is 4.91. The third kappa shape index (κ3) is 1.86. The molecule has 1 aromatic heterocycles. The Hall–Kier alpha value is -1.77. The lowest BCUT2D eigenvalue weighted by Gasteiger charge is -1.95. The lowest BCUT2D eigenvalue weighted by molar-refractivity contribution is -0.703. The number of hydrogen-bond donors (Lipinski definition) is 1. The van der Waals surface area contributed by atoms with Crippen molar-refractivity contribution in [3.63, 3.8) is 0 Å². The Morgan fingerprint density at radius 3 is 2.40 bits per heavy atom. The van der Waals surface area contributed by atoms with Crippen LogP contribution in [-0.2, 0) is 6.54 Å². The Bertz CT molecular complexity index is 460. The molecule has 1 N–H and O–H groups in total. The average molecular weight is 204 g/mol. The van der Waals surface area contributed by atoms with Crippen molar-refractivity contribution < 1.29 is 14.1 Å². The molecule has 0 saturated heterocycles. The third-order valence-corrected chi connectivity index (χ3v) is 2.52. The molecule has 0 atom stereocenters. The van der Waals surface area contributed by atoms with Crippen molar-refractivity contribution in [2.75, 3.05) is 0 Å². The molecule has 15 heavy (non-hydrogen) atoms. The molecule has 2 rings (SSSR count). The summed E-state index contributed by atoms with van der Waals surface area (Å²) in [6.45, 7) is 4.41. The van der Waals surface area contributed by atoms with Crippen LogP contribution in [0.3, 0.4) is 0 Å². The first-order valence-electron chi connectivity index (χ1n) is 4.91. The summed E-state index contributed by atoms with van der Waals surface area (Å²) in [6.07, 6.45) is 0. The van der Waals surface area contributed by atoms with Crippen molar-refractivity contribution >= 4 is 0 Å². The molecule has 78 valence electrons. The van der Waals surface area contributed by atoms with Crippen LogP contribution in [-0.4, -0.2) is 5.11 Å². The van der Waals surface area contributed by atoms with Gasteiger partial charge in [0.1, 0.15) is 0 Å². The smallest absolute Gasteiger partial charge is 0.356 e. The van der Waals surface area contributed by atoms with Crippen LogP contribution in [0.4, 0.5) is 0 Å². The van der Waals surface area contributed by atoms with E-state index < -0.39 is 0 Å². The molecule has 0 saturated carbocycles. The monoisotopic (exact) mass is 204 g/mol. The van der Waals surface area contributed by atoms with Crippen LogP contribution in [0.25, 0.3) is 0 Å². The zero-order chi connectivity index (χ0) is 10.8. The van der Waals surface area contributed by atoms with Crippen LogP contribution < -0.4 is 4.57 Å². The number of hydrogen-bond acceptors (Lipinski definition) is 2. The molecule has 1 heterocycles. The van der Waals surface area contributed by atoms with Crippen molar-refractivity contribution in [1.82, 2.24) is 0 Å². The van der Waals surface area contributed by atoms with Crippen molar-refractivity contribution in [3.8, 4) is 5.95 Å². The summed E-state index contributed by atoms with van der Waals surface area (Å²) in [5, 5.41) is 9.41. The second-order valence-corrected chi connectivity index (χ2v) is 3.58. The number of rotatable bonds is 2. The van der Waals surface area contributed by atoms with Gasteiger partial charge in [-0.3, -0.25) is 0 Å². The number of aromatic hydroxyl groups is 1. The topological polar surface area (TPSA) is 37.3 Å². The second-order valence-electron chi connectivity index (χ2n) is 3.58. The van der Waals surface area contributed by atoms with Crippen molar-refractivity contribution in [2.24, 2.45) is 0 Å². The Kier molecular flexibility index (Phi) is 2.46. The van der Waals surface area contributed by atoms with E-state index in [2.05, 4.69) is 12.1 Å². The minimum atomic E-state index is 0.00318. The predicted octanol–water partition coefficient (Wildman–Crippen LogP) is 1.94. The minimum Gasteiger partial charge on any atom is -0.476 e. The molecule has 0 aliphatic carbocycles. The van der Waals surface area contributed by atoms with E-state index in [1.54, 1.807) is 0 Å². The van der Waals surface area contributed by atoms with Crippen LogP contribution in [0.15, 0.2) is 34.7 Å². The summed E-state index contributed by atoms with van der Waals surface area (Å²) in [7, 11) is 0. The standard InChI is InChI=1S/C12H13NO2/c1-9-12(14)15-10(2)13(9)8-11-6-4-3-5-7-11/h3-7H,8H2,1-2H3/p+1. The van der Waals surface area contributed by atoms with Gasteiger partial charge in [0, 0.05) is 12.5 Å². The zero-order valence-corrected chi connectivity index (χ0v) is 8.90. The van der Waals surface area contributed by atoms with Crippen molar-refractivity contribution in [1.29, 1.82) is 0 Å². The van der Waals surface area contributed by atoms with E-state index in [9.17, 15) is 5.11 Å². The van der Waals surface area contributed by atoms with E-state index in [0.717, 1.165) is 12.2 Å². The van der Waals surface area contributed by atoms with Crippen molar-refractivity contribution in [3.05, 3.63) is 47.5 Å². The highest BCUT2D eigenvalue weighted by molar-refractivity contribution is 5.14. The molecular weight excluding hydrogens is 190 g/mol. The minimum absolute atomic E-state index is 0.00318. The molecule has 0 unspecified atom stereocenters. The summed E-state index contributed by atoms with van der Waals surface area (Å²) in [6, 6.07) is 10.1. The number of aromatic nitrogens is 1. The van der Waals surface area contributed by atoms with Gasteiger partial charge in [0.15, 0.2) is 6.54 Å². The van der Waals surface area contributed by atoms with Crippen LogP contribution in [0.5, 0.6) is 5.95 Å². The molecule has 0 aliphatic rings. The van der Waals surface area contributed by atoms with Gasteiger partial charge in [0.05, 0.1) is 6.92 Å². The highest BCUT2D eigenvalue weighted by Crippen LogP contribution is 2.14. The molecule has 0 radical (unpaired) electrons. The summed E-state index contributed by atoms with van der Waals surface area (Å²) < 4.78 is 7.09. The van der Waals surface area contributed by atoms with Gasteiger partial charge >= 0.3 is 11.8 Å². The number of aryl methyl sites for hydroxylation is 1. The zero-order valence-electron chi connectivity index (χ0n) is 8.90. The van der Waals surface area contributed by atoms with E-state index in [1.165, 1.54) is 5.56 Å². The van der Waals surface area contributed by atoms with Crippen LogP contribution in [0.1, 0.15) is 17.1 Å². The number of benzene rings is 1. The Morgan fingerprint density at radius 2 is 1.87 bits per heavy atom. The first kappa shape index (κ1) is 9.77. The van der Waals surface area contributed by atoms with E-state index >= 15 is 0 Å². The molecule has 0 aliphatic heterocycles. The maximum absolute atomic E-state index is 9.41. The largest absolute Gasteiger partial charge is 0.476 e. The molecule has 2 aromatic rings. The van der Waals surface area contributed by atoms with E-state index in [-0.39, 0.29) is 5.95 Å². The SMILES string of the molecule is Cc1oc(O)c(C)[n+]1Cc1ccccc1. The van der Waals surface area contributed by atoms with Gasteiger partial charge < -0.3 is 9.52 Å². The molecule has 1 aromatic carbocycles. The van der Waals surface area contributed by atoms with Crippen LogP contribution >= 0.6 is 0 Å². The second kappa shape index (κ2) is 3.77. The lowest BCUT2D eigenvalue weighted by Crippen LogP contribution is -2.37. The fraction of sp³-hybridized carbons (Fsp3) is 0.250. The van der Waals surface area contributed by atoms with E-state index in [4.69, 9.17) is 4.42 Å². The summed E-state index contributed by atoms with van der Waals surface area (Å²) in [5.41, 5.74) is 1.95. The highest BCUT2D eigenvalue weighted by Gasteiger charge is 2.21. The molecule has 3 nitrogen and oxygen atoms in total. The highest BCUT2D eigenvalue weighted by atomic mass is 16.5. The van der Waals surface area contributed by atoms with Gasteiger partial charge in [0.2, 0.25) is 0 Å². The summed E-state index contributed by atoms with van der Waals surface area (Å²) >= 11 is 0. The number of nitrogens with zero attached hydrogens (tertiary/aromatic N) is 1. The molecule has 0 bridgehead atoms. The predicted molar refractivity (Wildman–Crippen MR) is 55.6 cm³/mol. The number of oxazole rings is 1. The van der Waals surface area contributed by atoms with Gasteiger partial charge in [0.25, 0.3) is 5.69 Å². The molecule has 0 spiro atoms. The van der Waals surface area contributed by atoms with Gasteiger partial charge in [-0.15, -0.1) is 0 Å². The quantitative estimate of drug-likeness (QED) is 0.759. The summed E-state index contributed by atoms with van der Waals surface area (Å²) in [4.78, 5) is 0. The van der Waals surface area contributed by atoms with Gasteiger partial charge in [-0.25, -0.2) is 0 Å². The fourth-order valence-corrected chi connectivity index (χ4v) is 1.62. The molecule has 3 heteroatoms. The molecular formula is C12H14NO2+. The van der Waals surface area contributed by atoms with Crippen LogP contribution in [0, 0.1) is 13.8 Å². The maximum Gasteiger partial charge on any atom is 0.356 e. The Labute approximate surface area is 88.6 Å². The normalized spacial score (nSPS) is 10.5. The van der Waals surface area contributed by atoms with Gasteiger partial charge in [-0.2, -0.15) is 4.57 Å². The molecule has 0 fully saturated rings. The average Bonchev–Trinajstić information content (AvgIpc) is 2.47. The Balaban J connectivity index is 2.32. The third-order valence-electron chi connectivity index (χ3n) is 2.52. The molecule has 0 amide bonds. The summed E-state index contributed by atoms with van der Waals surface area (Å²) in [5.74, 6) is 0.720.